The smallest absolute Gasteiger partial charge is 0.348 e. The minimum Gasteiger partial charge on any atom is -0.358 e. The van der Waals surface area contributed by atoms with E-state index in [1.54, 1.807) is 11.5 Å². The Morgan fingerprint density at radius 1 is 1.22 bits per heavy atom. The van der Waals surface area contributed by atoms with Crippen LogP contribution in [0.25, 0.3) is 10.9 Å². The van der Waals surface area contributed by atoms with Crippen molar-refractivity contribution in [3.63, 3.8) is 0 Å². The van der Waals surface area contributed by atoms with Gasteiger partial charge in [-0.1, -0.05) is 6.07 Å². The molecule has 0 aliphatic heterocycles. The molecule has 3 aromatic rings. The summed E-state index contributed by atoms with van der Waals surface area (Å²) < 4.78 is 1.58. The van der Waals surface area contributed by atoms with Crippen LogP contribution in [-0.2, 0) is 19.4 Å². The molecule has 4 rings (SSSR count). The van der Waals surface area contributed by atoms with Gasteiger partial charge in [-0.3, -0.25) is 9.36 Å². The molecule has 1 aromatic carbocycles. The number of H-pyrrole nitrogens is 1. The standard InChI is InChI=1S/C21H24N4O2/c1-13-11-14(2)25(21(27)23-13)10-9-22-20(26)15-7-8-17-16-5-3-4-6-18(16)24-19(17)12-15/h7-8,11-12,24H,3-6,9-10H2,1-2H3,(H,22,26). The minimum absolute atomic E-state index is 0.129. The van der Waals surface area contributed by atoms with Crippen LogP contribution in [0, 0.1) is 13.8 Å². The molecule has 2 aromatic heterocycles. The maximum absolute atomic E-state index is 12.5. The maximum atomic E-state index is 12.5. The fraction of sp³-hybridized carbons (Fsp3) is 0.381. The summed E-state index contributed by atoms with van der Waals surface area (Å²) in [6.07, 6.45) is 4.65. The summed E-state index contributed by atoms with van der Waals surface area (Å²) in [5.41, 5.74) is 5.66. The van der Waals surface area contributed by atoms with E-state index in [4.69, 9.17) is 0 Å². The van der Waals surface area contributed by atoms with Gasteiger partial charge in [0, 0.05) is 46.6 Å². The number of carbonyl (C=O) groups excluding carboxylic acids is 1. The Kier molecular flexibility index (Phi) is 4.56. The summed E-state index contributed by atoms with van der Waals surface area (Å²) in [5.74, 6) is -0.129. The van der Waals surface area contributed by atoms with Gasteiger partial charge in [0.15, 0.2) is 0 Å². The topological polar surface area (TPSA) is 79.8 Å². The van der Waals surface area contributed by atoms with E-state index in [0.29, 0.717) is 24.3 Å². The quantitative estimate of drug-likeness (QED) is 0.747. The molecule has 140 valence electrons. The van der Waals surface area contributed by atoms with Gasteiger partial charge in [0.1, 0.15) is 0 Å². The normalized spacial score (nSPS) is 13.6. The maximum Gasteiger partial charge on any atom is 0.348 e. The van der Waals surface area contributed by atoms with E-state index in [0.717, 1.165) is 24.1 Å². The van der Waals surface area contributed by atoms with Crippen molar-refractivity contribution in [3.8, 4) is 0 Å². The molecule has 0 radical (unpaired) electrons. The highest BCUT2D eigenvalue weighted by atomic mass is 16.2. The van der Waals surface area contributed by atoms with E-state index in [1.807, 2.05) is 31.2 Å². The average molecular weight is 364 g/mol. The molecule has 6 nitrogen and oxygen atoms in total. The molecular formula is C21H24N4O2. The Labute approximate surface area is 157 Å². The predicted molar refractivity (Wildman–Crippen MR) is 105 cm³/mol. The molecule has 1 aliphatic rings. The molecule has 1 aliphatic carbocycles. The Balaban J connectivity index is 1.46. The first-order valence-corrected chi connectivity index (χ1v) is 9.49. The van der Waals surface area contributed by atoms with Gasteiger partial charge in [-0.15, -0.1) is 0 Å². The van der Waals surface area contributed by atoms with Crippen LogP contribution in [-0.4, -0.2) is 27.0 Å². The van der Waals surface area contributed by atoms with Gasteiger partial charge in [0.25, 0.3) is 5.91 Å². The lowest BCUT2D eigenvalue weighted by Gasteiger charge is -2.11. The Bertz CT molecular complexity index is 1080. The molecule has 0 saturated heterocycles. The summed E-state index contributed by atoms with van der Waals surface area (Å²) in [4.78, 5) is 31.9. The molecule has 27 heavy (non-hydrogen) atoms. The van der Waals surface area contributed by atoms with Crippen molar-refractivity contribution in [3.05, 3.63) is 63.0 Å². The summed E-state index contributed by atoms with van der Waals surface area (Å²) in [5, 5.41) is 4.13. The van der Waals surface area contributed by atoms with Crippen molar-refractivity contribution >= 4 is 16.8 Å². The van der Waals surface area contributed by atoms with Crippen molar-refractivity contribution in [2.45, 2.75) is 46.1 Å². The largest absolute Gasteiger partial charge is 0.358 e. The first-order valence-electron chi connectivity index (χ1n) is 9.49. The van der Waals surface area contributed by atoms with Gasteiger partial charge in [0.05, 0.1) is 0 Å². The lowest BCUT2D eigenvalue weighted by Crippen LogP contribution is -2.33. The van der Waals surface area contributed by atoms with Crippen LogP contribution in [0.1, 0.15) is 45.8 Å². The van der Waals surface area contributed by atoms with E-state index in [9.17, 15) is 9.59 Å². The molecule has 0 bridgehead atoms. The third-order valence-corrected chi connectivity index (χ3v) is 5.33. The van der Waals surface area contributed by atoms with E-state index in [2.05, 4.69) is 15.3 Å². The van der Waals surface area contributed by atoms with Crippen LogP contribution in [0.15, 0.2) is 29.1 Å². The number of carbonyl (C=O) groups is 1. The van der Waals surface area contributed by atoms with Crippen LogP contribution >= 0.6 is 0 Å². The highest BCUT2D eigenvalue weighted by Crippen LogP contribution is 2.29. The van der Waals surface area contributed by atoms with E-state index in [1.165, 1.54) is 29.5 Å². The van der Waals surface area contributed by atoms with Crippen molar-refractivity contribution in [1.82, 2.24) is 19.9 Å². The number of fused-ring (bicyclic) bond motifs is 3. The van der Waals surface area contributed by atoms with E-state index in [-0.39, 0.29) is 11.6 Å². The zero-order valence-electron chi connectivity index (χ0n) is 15.8. The molecule has 0 atom stereocenters. The van der Waals surface area contributed by atoms with Crippen molar-refractivity contribution < 1.29 is 4.79 Å². The second kappa shape index (κ2) is 7.02. The fourth-order valence-electron chi connectivity index (χ4n) is 3.98. The van der Waals surface area contributed by atoms with Gasteiger partial charge >= 0.3 is 5.69 Å². The predicted octanol–water partition coefficient (Wildman–Crippen LogP) is 2.65. The third kappa shape index (κ3) is 3.39. The van der Waals surface area contributed by atoms with Crippen LogP contribution in [0.4, 0.5) is 0 Å². The zero-order valence-corrected chi connectivity index (χ0v) is 15.8. The number of amides is 1. The highest BCUT2D eigenvalue weighted by molar-refractivity contribution is 5.98. The van der Waals surface area contributed by atoms with Crippen LogP contribution in [0.3, 0.4) is 0 Å². The summed E-state index contributed by atoms with van der Waals surface area (Å²) in [7, 11) is 0. The fourth-order valence-corrected chi connectivity index (χ4v) is 3.98. The Morgan fingerprint density at radius 2 is 2.04 bits per heavy atom. The van der Waals surface area contributed by atoms with Crippen LogP contribution in [0.5, 0.6) is 0 Å². The van der Waals surface area contributed by atoms with Crippen LogP contribution in [0.2, 0.25) is 0 Å². The Hall–Kier alpha value is -2.89. The van der Waals surface area contributed by atoms with Gasteiger partial charge < -0.3 is 10.3 Å². The second-order valence-electron chi connectivity index (χ2n) is 7.28. The average Bonchev–Trinajstić information content (AvgIpc) is 3.01. The molecule has 2 heterocycles. The molecule has 0 spiro atoms. The van der Waals surface area contributed by atoms with Crippen molar-refractivity contribution in [2.75, 3.05) is 6.54 Å². The molecule has 2 N–H and O–H groups in total. The number of aryl methyl sites for hydroxylation is 4. The van der Waals surface area contributed by atoms with Gasteiger partial charge in [-0.05, 0) is 63.3 Å². The monoisotopic (exact) mass is 364 g/mol. The number of nitrogens with one attached hydrogen (secondary N) is 2. The number of nitrogens with zero attached hydrogens (tertiary/aromatic N) is 2. The van der Waals surface area contributed by atoms with Crippen LogP contribution < -0.4 is 11.0 Å². The first kappa shape index (κ1) is 17.5. The van der Waals surface area contributed by atoms with E-state index >= 15 is 0 Å². The molecule has 6 heteroatoms. The lowest BCUT2D eigenvalue weighted by molar-refractivity contribution is 0.0952. The molecular weight excluding hydrogens is 340 g/mol. The van der Waals surface area contributed by atoms with Crippen molar-refractivity contribution in [1.29, 1.82) is 0 Å². The number of benzene rings is 1. The summed E-state index contributed by atoms with van der Waals surface area (Å²) in [6, 6.07) is 7.71. The number of aromatic nitrogens is 3. The number of hydrogen-bond acceptors (Lipinski definition) is 3. The molecule has 0 saturated carbocycles. The SMILES string of the molecule is Cc1cc(C)n(CCNC(=O)c2ccc3c4c([nH]c3c2)CCCC4)c(=O)n1. The van der Waals surface area contributed by atoms with E-state index < -0.39 is 0 Å². The number of aromatic amines is 1. The highest BCUT2D eigenvalue weighted by Gasteiger charge is 2.16. The molecule has 1 amide bonds. The summed E-state index contributed by atoms with van der Waals surface area (Å²) in [6.45, 7) is 4.46. The van der Waals surface area contributed by atoms with Gasteiger partial charge in [-0.25, -0.2) is 4.79 Å². The number of rotatable bonds is 4. The minimum atomic E-state index is -0.278. The lowest BCUT2D eigenvalue weighted by atomic mass is 9.95. The zero-order chi connectivity index (χ0) is 19.0. The summed E-state index contributed by atoms with van der Waals surface area (Å²) >= 11 is 0. The number of hydrogen-bond donors (Lipinski definition) is 2. The van der Waals surface area contributed by atoms with Gasteiger partial charge in [-0.2, -0.15) is 4.98 Å². The first-order chi connectivity index (χ1) is 13.0. The molecule has 0 unspecified atom stereocenters. The molecule has 0 fully saturated rings. The third-order valence-electron chi connectivity index (χ3n) is 5.33. The van der Waals surface area contributed by atoms with Crippen molar-refractivity contribution in [2.24, 2.45) is 0 Å². The Morgan fingerprint density at radius 3 is 2.85 bits per heavy atom. The van der Waals surface area contributed by atoms with Gasteiger partial charge in [0.2, 0.25) is 0 Å². The second-order valence-corrected chi connectivity index (χ2v) is 7.28.